The van der Waals surface area contributed by atoms with E-state index in [1.165, 1.54) is 27.8 Å². The molecule has 0 radical (unpaired) electrons. The van der Waals surface area contributed by atoms with Gasteiger partial charge in [-0.3, -0.25) is 0 Å². The van der Waals surface area contributed by atoms with Crippen molar-refractivity contribution in [3.05, 3.63) is 139 Å². The molecule has 38 heavy (non-hydrogen) atoms. The lowest BCUT2D eigenvalue weighted by molar-refractivity contribution is 1.07. The van der Waals surface area contributed by atoms with E-state index in [-0.39, 0.29) is 7.43 Å². The molecule has 1 aliphatic rings. The van der Waals surface area contributed by atoms with Gasteiger partial charge in [0.1, 0.15) is 0 Å². The predicted octanol–water partition coefficient (Wildman–Crippen LogP) is 8.75. The van der Waals surface area contributed by atoms with Crippen LogP contribution in [-0.2, 0) is 6.42 Å². The average molecular weight is 490 g/mol. The maximum atomic E-state index is 5.05. The van der Waals surface area contributed by atoms with Crippen LogP contribution in [0.1, 0.15) is 18.6 Å². The van der Waals surface area contributed by atoms with Gasteiger partial charge >= 0.3 is 0 Å². The van der Waals surface area contributed by atoms with Gasteiger partial charge in [-0.25, -0.2) is 15.0 Å². The van der Waals surface area contributed by atoms with Crippen molar-refractivity contribution in [2.75, 3.05) is 0 Å². The summed E-state index contributed by atoms with van der Waals surface area (Å²) in [6.07, 6.45) is 0.864. The molecule has 3 nitrogen and oxygen atoms in total. The summed E-state index contributed by atoms with van der Waals surface area (Å²) in [4.78, 5) is 15.0. The SMILES string of the molecule is C.c1ccc(-c2cc(-c3nc(-c4ccccc4)nc(-c4ccccc4)n3)c3c(c2)-c2ccccc2C3)cc1. The standard InChI is InChI=1S/C34H23N3.CH4/c1-4-12-23(13-5-1)27-21-29-28-19-11-10-18-26(28)20-30(29)31(22-27)34-36-32(24-14-6-2-7-15-24)35-33(37-34)25-16-8-3-9-17-25;/h1-19,21-22H,20H2;1H4. The average Bonchev–Trinajstić information content (AvgIpc) is 3.36. The number of fused-ring (bicyclic) bond motifs is 3. The van der Waals surface area contributed by atoms with Crippen molar-refractivity contribution in [3.8, 4) is 56.4 Å². The van der Waals surface area contributed by atoms with Crippen LogP contribution in [0.2, 0.25) is 0 Å². The fraction of sp³-hybridized carbons (Fsp3) is 0.0571. The van der Waals surface area contributed by atoms with Gasteiger partial charge < -0.3 is 0 Å². The Morgan fingerprint density at radius 2 is 0.868 bits per heavy atom. The Bertz CT molecular complexity index is 1670. The molecule has 0 amide bonds. The Morgan fingerprint density at radius 1 is 0.395 bits per heavy atom. The van der Waals surface area contributed by atoms with Crippen molar-refractivity contribution in [1.82, 2.24) is 15.0 Å². The summed E-state index contributed by atoms with van der Waals surface area (Å²) in [5.74, 6) is 2.06. The van der Waals surface area contributed by atoms with Gasteiger partial charge in [-0.05, 0) is 51.9 Å². The highest BCUT2D eigenvalue weighted by Gasteiger charge is 2.25. The minimum absolute atomic E-state index is 0. The quantitative estimate of drug-likeness (QED) is 0.248. The van der Waals surface area contributed by atoms with Gasteiger partial charge in [-0.2, -0.15) is 0 Å². The van der Waals surface area contributed by atoms with Crippen LogP contribution in [-0.4, -0.2) is 15.0 Å². The second-order valence-electron chi connectivity index (χ2n) is 9.29. The molecule has 6 aromatic rings. The lowest BCUT2D eigenvalue weighted by Crippen LogP contribution is -2.02. The van der Waals surface area contributed by atoms with Crippen molar-refractivity contribution >= 4 is 0 Å². The summed E-state index contributed by atoms with van der Waals surface area (Å²) < 4.78 is 0. The zero-order valence-corrected chi connectivity index (χ0v) is 20.2. The summed E-state index contributed by atoms with van der Waals surface area (Å²) in [5.41, 5.74) is 10.5. The highest BCUT2D eigenvalue weighted by molar-refractivity contribution is 5.88. The van der Waals surface area contributed by atoms with Crippen LogP contribution in [0.4, 0.5) is 0 Å². The molecule has 1 aliphatic carbocycles. The Kier molecular flexibility index (Phi) is 6.11. The Hall–Kier alpha value is -4.89. The number of hydrogen-bond donors (Lipinski definition) is 0. The van der Waals surface area contributed by atoms with E-state index < -0.39 is 0 Å². The van der Waals surface area contributed by atoms with Crippen molar-refractivity contribution < 1.29 is 0 Å². The summed E-state index contributed by atoms with van der Waals surface area (Å²) in [6, 6.07) is 44.1. The van der Waals surface area contributed by atoms with E-state index in [1.54, 1.807) is 0 Å². The van der Waals surface area contributed by atoms with Gasteiger partial charge in [0.15, 0.2) is 17.5 Å². The third kappa shape index (κ3) is 4.18. The molecule has 5 aromatic carbocycles. The molecule has 0 aliphatic heterocycles. The molecule has 7 rings (SSSR count). The van der Waals surface area contributed by atoms with Crippen LogP contribution in [0.25, 0.3) is 56.4 Å². The molecule has 0 saturated carbocycles. The smallest absolute Gasteiger partial charge is 0.164 e. The first kappa shape index (κ1) is 23.5. The number of aromatic nitrogens is 3. The normalized spacial score (nSPS) is 11.4. The molecule has 0 bridgehead atoms. The zero-order chi connectivity index (χ0) is 24.6. The van der Waals surface area contributed by atoms with Gasteiger partial charge in [0.25, 0.3) is 0 Å². The van der Waals surface area contributed by atoms with E-state index in [9.17, 15) is 0 Å². The van der Waals surface area contributed by atoms with Gasteiger partial charge in [0.05, 0.1) is 0 Å². The third-order valence-electron chi connectivity index (χ3n) is 6.97. The minimum Gasteiger partial charge on any atom is -0.208 e. The van der Waals surface area contributed by atoms with Crippen LogP contribution in [0.3, 0.4) is 0 Å². The molecule has 0 unspecified atom stereocenters. The van der Waals surface area contributed by atoms with E-state index in [4.69, 9.17) is 15.0 Å². The number of rotatable bonds is 4. The monoisotopic (exact) mass is 489 g/mol. The molecule has 3 heteroatoms. The van der Waals surface area contributed by atoms with Gasteiger partial charge in [-0.1, -0.05) is 123 Å². The fourth-order valence-electron chi connectivity index (χ4n) is 5.16. The van der Waals surface area contributed by atoms with E-state index in [2.05, 4.69) is 91.0 Å². The van der Waals surface area contributed by atoms with E-state index in [0.29, 0.717) is 17.5 Å². The minimum atomic E-state index is 0. The van der Waals surface area contributed by atoms with Crippen LogP contribution in [0, 0.1) is 0 Å². The first-order valence-electron chi connectivity index (χ1n) is 12.5. The van der Waals surface area contributed by atoms with Gasteiger partial charge in [-0.15, -0.1) is 0 Å². The highest BCUT2D eigenvalue weighted by Crippen LogP contribution is 2.44. The highest BCUT2D eigenvalue weighted by atomic mass is 15.0. The molecule has 1 aromatic heterocycles. The first-order valence-corrected chi connectivity index (χ1v) is 12.5. The summed E-state index contributed by atoms with van der Waals surface area (Å²) in [6.45, 7) is 0. The van der Waals surface area contributed by atoms with E-state index in [1.807, 2.05) is 36.4 Å². The molecule has 0 N–H and O–H groups in total. The van der Waals surface area contributed by atoms with Crippen LogP contribution in [0.5, 0.6) is 0 Å². The van der Waals surface area contributed by atoms with Crippen LogP contribution >= 0.6 is 0 Å². The molecular formula is C35H27N3. The second-order valence-corrected chi connectivity index (χ2v) is 9.29. The lowest BCUT2D eigenvalue weighted by Gasteiger charge is -2.14. The number of benzene rings is 5. The summed E-state index contributed by atoms with van der Waals surface area (Å²) in [7, 11) is 0. The zero-order valence-electron chi connectivity index (χ0n) is 20.2. The van der Waals surface area contributed by atoms with Crippen molar-refractivity contribution in [3.63, 3.8) is 0 Å². The maximum absolute atomic E-state index is 5.05. The lowest BCUT2D eigenvalue weighted by atomic mass is 9.94. The van der Waals surface area contributed by atoms with Gasteiger partial charge in [0, 0.05) is 16.7 Å². The van der Waals surface area contributed by atoms with E-state index in [0.717, 1.165) is 28.7 Å². The molecule has 0 atom stereocenters. The topological polar surface area (TPSA) is 38.7 Å². The summed E-state index contributed by atoms with van der Waals surface area (Å²) in [5, 5.41) is 0. The molecule has 0 saturated heterocycles. The molecular weight excluding hydrogens is 462 g/mol. The van der Waals surface area contributed by atoms with Gasteiger partial charge in [0.2, 0.25) is 0 Å². The third-order valence-corrected chi connectivity index (χ3v) is 6.97. The largest absolute Gasteiger partial charge is 0.208 e. The second kappa shape index (κ2) is 9.87. The van der Waals surface area contributed by atoms with Crippen molar-refractivity contribution in [2.24, 2.45) is 0 Å². The molecule has 1 heterocycles. The van der Waals surface area contributed by atoms with Crippen LogP contribution < -0.4 is 0 Å². The Balaban J connectivity index is 0.00000264. The number of nitrogens with zero attached hydrogens (tertiary/aromatic N) is 3. The molecule has 0 spiro atoms. The Morgan fingerprint density at radius 3 is 1.47 bits per heavy atom. The fourth-order valence-corrected chi connectivity index (χ4v) is 5.16. The number of hydrogen-bond acceptors (Lipinski definition) is 3. The molecule has 0 fully saturated rings. The van der Waals surface area contributed by atoms with E-state index >= 15 is 0 Å². The first-order chi connectivity index (χ1) is 18.3. The van der Waals surface area contributed by atoms with Crippen molar-refractivity contribution in [1.29, 1.82) is 0 Å². The predicted molar refractivity (Wildman–Crippen MR) is 157 cm³/mol. The van der Waals surface area contributed by atoms with Crippen LogP contribution in [0.15, 0.2) is 127 Å². The Labute approximate surface area is 223 Å². The molecule has 182 valence electrons. The maximum Gasteiger partial charge on any atom is 0.164 e. The summed E-state index contributed by atoms with van der Waals surface area (Å²) >= 11 is 0. The van der Waals surface area contributed by atoms with Crippen molar-refractivity contribution in [2.45, 2.75) is 13.8 Å².